The molecule has 224 valence electrons. The Labute approximate surface area is 257 Å². The summed E-state index contributed by atoms with van der Waals surface area (Å²) in [7, 11) is 0. The van der Waals surface area contributed by atoms with Crippen molar-refractivity contribution in [2.45, 2.75) is 57.8 Å². The Morgan fingerprint density at radius 3 is 1.45 bits per heavy atom. The van der Waals surface area contributed by atoms with Crippen molar-refractivity contribution < 1.29 is 0 Å². The van der Waals surface area contributed by atoms with Gasteiger partial charge in [-0.1, -0.05) is 120 Å². The van der Waals surface area contributed by atoms with Gasteiger partial charge in [-0.3, -0.25) is 0 Å². The third kappa shape index (κ3) is 6.50. The van der Waals surface area contributed by atoms with Crippen LogP contribution in [-0.4, -0.2) is 45.0 Å². The Kier molecular flexibility index (Phi) is 8.69. The smallest absolute Gasteiger partial charge is 0.108 e. The van der Waals surface area contributed by atoms with Crippen LogP contribution in [0.15, 0.2) is 110 Å². The Morgan fingerprint density at radius 1 is 0.545 bits per heavy atom. The Balaban J connectivity index is 1.35. The van der Waals surface area contributed by atoms with E-state index in [2.05, 4.69) is 83.0 Å². The lowest BCUT2D eigenvalue weighted by molar-refractivity contribution is 0.491. The predicted octanol–water partition coefficient (Wildman–Crippen LogP) is 5.39. The predicted molar refractivity (Wildman–Crippen MR) is 169 cm³/mol. The Morgan fingerprint density at radius 2 is 0.955 bits per heavy atom. The molecule has 44 heavy (non-hydrogen) atoms. The summed E-state index contributed by atoms with van der Waals surface area (Å²) in [6, 6.07) is 30.4. The number of hydrogen-bond acceptors (Lipinski definition) is 7. The van der Waals surface area contributed by atoms with E-state index >= 15 is 0 Å². The van der Waals surface area contributed by atoms with Crippen molar-refractivity contribution in [3.63, 3.8) is 0 Å². The van der Waals surface area contributed by atoms with Crippen molar-refractivity contribution in [1.29, 1.82) is 0 Å². The molecule has 10 nitrogen and oxygen atoms in total. The number of aromatic nitrogens is 9. The van der Waals surface area contributed by atoms with Gasteiger partial charge in [-0.05, 0) is 29.5 Å². The van der Waals surface area contributed by atoms with E-state index in [1.54, 1.807) is 0 Å². The lowest BCUT2D eigenvalue weighted by Crippen LogP contribution is -2.17. The van der Waals surface area contributed by atoms with Crippen molar-refractivity contribution in [2.24, 2.45) is 11.7 Å². The highest BCUT2D eigenvalue weighted by molar-refractivity contribution is 5.23. The molecule has 4 atom stereocenters. The molecule has 0 amide bonds. The van der Waals surface area contributed by atoms with Gasteiger partial charge in [0, 0.05) is 12.8 Å². The fourth-order valence-corrected chi connectivity index (χ4v) is 5.39. The van der Waals surface area contributed by atoms with Crippen LogP contribution in [0.3, 0.4) is 0 Å². The van der Waals surface area contributed by atoms with Crippen LogP contribution >= 0.6 is 0 Å². The zero-order valence-corrected chi connectivity index (χ0v) is 25.3. The molecule has 6 rings (SSSR count). The highest BCUT2D eigenvalue weighted by atomic mass is 15.5. The molecule has 2 N–H and O–H groups in total. The quantitative estimate of drug-likeness (QED) is 0.204. The zero-order valence-electron chi connectivity index (χ0n) is 25.3. The van der Waals surface area contributed by atoms with Crippen LogP contribution in [0.4, 0.5) is 0 Å². The van der Waals surface area contributed by atoms with Gasteiger partial charge < -0.3 is 5.73 Å². The normalized spacial score (nSPS) is 14.4. The molecule has 0 saturated carbocycles. The molecule has 0 bridgehead atoms. The van der Waals surface area contributed by atoms with Gasteiger partial charge in [0.1, 0.15) is 23.5 Å². The fourth-order valence-electron chi connectivity index (χ4n) is 5.39. The topological polar surface area (TPSA) is 118 Å². The van der Waals surface area contributed by atoms with E-state index in [0.29, 0.717) is 12.8 Å². The van der Waals surface area contributed by atoms with Gasteiger partial charge >= 0.3 is 0 Å². The lowest BCUT2D eigenvalue weighted by atomic mass is 10.0. The Bertz CT molecular complexity index is 1740. The summed E-state index contributed by atoms with van der Waals surface area (Å²) in [6.45, 7) is 6.29. The van der Waals surface area contributed by atoms with Crippen LogP contribution in [0.1, 0.15) is 78.7 Å². The molecule has 0 fully saturated rings. The first-order chi connectivity index (χ1) is 21.5. The summed E-state index contributed by atoms with van der Waals surface area (Å²) in [5.41, 5.74) is 12.3. The number of benzene rings is 3. The van der Waals surface area contributed by atoms with Crippen LogP contribution in [0.5, 0.6) is 0 Å². The van der Waals surface area contributed by atoms with Crippen molar-refractivity contribution in [2.75, 3.05) is 0 Å². The summed E-state index contributed by atoms with van der Waals surface area (Å²) >= 11 is 0. The zero-order chi connectivity index (χ0) is 30.5. The molecule has 3 aromatic carbocycles. The molecular weight excluding hydrogens is 548 g/mol. The molecule has 0 radical (unpaired) electrons. The molecule has 3 aromatic heterocycles. The monoisotopic (exact) mass is 586 g/mol. The van der Waals surface area contributed by atoms with Crippen LogP contribution in [-0.2, 0) is 12.8 Å². The molecule has 0 spiro atoms. The first kappa shape index (κ1) is 29.1. The fraction of sp³-hybridized carbons (Fsp3) is 0.294. The van der Waals surface area contributed by atoms with Gasteiger partial charge in [-0.2, -0.15) is 0 Å². The second-order valence-corrected chi connectivity index (χ2v) is 11.6. The van der Waals surface area contributed by atoms with E-state index in [4.69, 9.17) is 10.8 Å². The molecule has 10 heteroatoms. The minimum atomic E-state index is -0.224. The van der Waals surface area contributed by atoms with E-state index < -0.39 is 0 Å². The SMILES string of the molecule is CC(C)[C@H](N)c1cn([C@@H](Cc2ccccc2)c2cn([C@@H](Cc3ccccc3)c3cn([C@H](C)c4ccccc4)nn3)nn2)nn1. The maximum atomic E-state index is 6.42. The van der Waals surface area contributed by atoms with E-state index in [1.807, 2.05) is 87.2 Å². The molecule has 0 unspecified atom stereocenters. The van der Waals surface area contributed by atoms with Crippen molar-refractivity contribution in [3.8, 4) is 0 Å². The molecule has 0 aliphatic carbocycles. The van der Waals surface area contributed by atoms with Gasteiger partial charge in [0.25, 0.3) is 0 Å². The number of nitrogens with zero attached hydrogens (tertiary/aromatic N) is 9. The summed E-state index contributed by atoms with van der Waals surface area (Å²) < 4.78 is 5.68. The highest BCUT2D eigenvalue weighted by Gasteiger charge is 2.26. The van der Waals surface area contributed by atoms with Crippen molar-refractivity contribution >= 4 is 0 Å². The molecule has 0 aliphatic heterocycles. The van der Waals surface area contributed by atoms with E-state index in [9.17, 15) is 0 Å². The second-order valence-electron chi connectivity index (χ2n) is 11.6. The first-order valence-electron chi connectivity index (χ1n) is 15.1. The van der Waals surface area contributed by atoms with Crippen LogP contribution in [0.2, 0.25) is 0 Å². The third-order valence-corrected chi connectivity index (χ3v) is 8.19. The minimum absolute atomic E-state index is 0.0371. The second kappa shape index (κ2) is 13.1. The number of nitrogens with two attached hydrogens (primary N) is 1. The van der Waals surface area contributed by atoms with E-state index in [0.717, 1.165) is 22.6 Å². The van der Waals surface area contributed by atoms with E-state index in [-0.39, 0.29) is 30.1 Å². The summed E-state index contributed by atoms with van der Waals surface area (Å²) in [6.07, 6.45) is 7.32. The van der Waals surface area contributed by atoms with Crippen LogP contribution < -0.4 is 5.73 Å². The maximum absolute atomic E-state index is 6.42. The minimum Gasteiger partial charge on any atom is -0.322 e. The molecular formula is C34H38N10. The van der Waals surface area contributed by atoms with Gasteiger partial charge in [0.15, 0.2) is 0 Å². The molecule has 0 saturated heterocycles. The highest BCUT2D eigenvalue weighted by Crippen LogP contribution is 2.27. The van der Waals surface area contributed by atoms with Gasteiger partial charge in [0.05, 0.1) is 36.4 Å². The third-order valence-electron chi connectivity index (χ3n) is 8.19. The van der Waals surface area contributed by atoms with Crippen LogP contribution in [0, 0.1) is 5.92 Å². The Hall–Kier alpha value is -4.96. The van der Waals surface area contributed by atoms with Crippen molar-refractivity contribution in [3.05, 3.63) is 143 Å². The van der Waals surface area contributed by atoms with Gasteiger partial charge in [0.2, 0.25) is 0 Å². The average Bonchev–Trinajstić information content (AvgIpc) is 3.85. The van der Waals surface area contributed by atoms with Crippen LogP contribution in [0.25, 0.3) is 0 Å². The summed E-state index contributed by atoms with van der Waals surface area (Å²) in [4.78, 5) is 0. The summed E-state index contributed by atoms with van der Waals surface area (Å²) in [5.74, 6) is 0.241. The molecule has 3 heterocycles. The first-order valence-corrected chi connectivity index (χ1v) is 15.1. The van der Waals surface area contributed by atoms with E-state index in [1.165, 1.54) is 11.1 Å². The van der Waals surface area contributed by atoms with Gasteiger partial charge in [-0.25, -0.2) is 14.0 Å². The molecule has 6 aromatic rings. The number of rotatable bonds is 12. The lowest BCUT2D eigenvalue weighted by Gasteiger charge is -2.16. The molecule has 0 aliphatic rings. The maximum Gasteiger partial charge on any atom is 0.108 e. The van der Waals surface area contributed by atoms with Crippen molar-refractivity contribution in [1.82, 2.24) is 45.0 Å². The van der Waals surface area contributed by atoms with Gasteiger partial charge in [-0.15, -0.1) is 15.3 Å². The number of hydrogen-bond donors (Lipinski definition) is 1. The standard InChI is InChI=1S/C34H38N10/c1-24(2)34(35)31-23-44(41-38-31)33(20-27-15-9-5-10-16-27)30-22-43(40-37-30)32(19-26-13-7-4-8-14-26)29-21-42(39-36-29)25(3)28-17-11-6-12-18-28/h4-18,21-25,32-34H,19-20,35H2,1-3H3/t25-,32+,33+,34+/m1/s1. The summed E-state index contributed by atoms with van der Waals surface area (Å²) in [5, 5.41) is 27.5. The average molecular weight is 587 g/mol. The largest absolute Gasteiger partial charge is 0.322 e.